The van der Waals surface area contributed by atoms with E-state index in [-0.39, 0.29) is 0 Å². The van der Waals surface area contributed by atoms with E-state index < -0.39 is 0 Å². The normalized spacial score (nSPS) is 11.7. The average molecular weight is 845 g/mol. The number of thiophene rings is 1. The quantitative estimate of drug-likeness (QED) is 0.145. The summed E-state index contributed by atoms with van der Waals surface area (Å²) in [6.45, 7) is 0. The zero-order valence-corrected chi connectivity index (χ0v) is 36.2. The summed E-state index contributed by atoms with van der Waals surface area (Å²) in [5, 5.41) is 10.1. The lowest BCUT2D eigenvalue weighted by Crippen LogP contribution is -2.10. The van der Waals surface area contributed by atoms with E-state index in [2.05, 4.69) is 252 Å². The highest BCUT2D eigenvalue weighted by molar-refractivity contribution is 7.25. The Kier molecular flexibility index (Phi) is 8.75. The van der Waals surface area contributed by atoms with Crippen molar-refractivity contribution in [2.75, 3.05) is 4.90 Å². The molecule has 3 heteroatoms. The molecule has 11 aromatic carbocycles. The highest BCUT2D eigenvalue weighted by atomic mass is 32.1. The van der Waals surface area contributed by atoms with E-state index in [1.165, 1.54) is 96.9 Å². The number of fused-ring (bicyclic) bond motifs is 9. The first kappa shape index (κ1) is 37.3. The molecule has 65 heavy (non-hydrogen) atoms. The SMILES string of the molecule is c1ccc(-c2ccc(-n3c4ccccc4c4cc(-c5ccc(N(c6ccc(-c7ccc8sc9ccccc9c8c7)cc6)c6cc7ccccc7c7ccccc67)cc5)ccc43)cc2)cc1. The fourth-order valence-corrected chi connectivity index (χ4v) is 11.1. The molecule has 304 valence electrons. The van der Waals surface area contributed by atoms with Gasteiger partial charge in [0.15, 0.2) is 0 Å². The Morgan fingerprint density at radius 3 is 1.52 bits per heavy atom. The largest absolute Gasteiger partial charge is 0.310 e. The van der Waals surface area contributed by atoms with Crippen molar-refractivity contribution in [3.8, 4) is 39.1 Å². The first-order valence-corrected chi connectivity index (χ1v) is 23.1. The van der Waals surface area contributed by atoms with Crippen molar-refractivity contribution in [3.63, 3.8) is 0 Å². The molecule has 0 aliphatic carbocycles. The van der Waals surface area contributed by atoms with E-state index in [4.69, 9.17) is 0 Å². The van der Waals surface area contributed by atoms with Crippen LogP contribution in [0, 0.1) is 0 Å². The predicted octanol–water partition coefficient (Wildman–Crippen LogP) is 17.9. The number of hydrogen-bond donors (Lipinski definition) is 0. The third-order valence-corrected chi connectivity index (χ3v) is 14.3. The number of nitrogens with zero attached hydrogens (tertiary/aromatic N) is 2. The molecule has 0 bridgehead atoms. The Hall–Kier alpha value is -8.24. The molecule has 0 saturated carbocycles. The van der Waals surface area contributed by atoms with E-state index in [1.54, 1.807) is 0 Å². The van der Waals surface area contributed by atoms with Crippen molar-refractivity contribution >= 4 is 91.9 Å². The Balaban J connectivity index is 0.904. The predicted molar refractivity (Wildman–Crippen MR) is 280 cm³/mol. The number of para-hydroxylation sites is 1. The maximum atomic E-state index is 2.43. The molecule has 2 heterocycles. The lowest BCUT2D eigenvalue weighted by Gasteiger charge is -2.28. The molecule has 0 amide bonds. The van der Waals surface area contributed by atoms with E-state index in [0.29, 0.717) is 0 Å². The van der Waals surface area contributed by atoms with Crippen LogP contribution in [0.2, 0.25) is 0 Å². The monoisotopic (exact) mass is 844 g/mol. The van der Waals surface area contributed by atoms with Crippen LogP contribution in [0.5, 0.6) is 0 Å². The van der Waals surface area contributed by atoms with Crippen molar-refractivity contribution in [2.45, 2.75) is 0 Å². The number of hydrogen-bond acceptors (Lipinski definition) is 2. The lowest BCUT2D eigenvalue weighted by atomic mass is 9.98. The van der Waals surface area contributed by atoms with Crippen molar-refractivity contribution in [2.24, 2.45) is 0 Å². The topological polar surface area (TPSA) is 8.17 Å². The molecular weight excluding hydrogens is 805 g/mol. The van der Waals surface area contributed by atoms with Gasteiger partial charge in [-0.25, -0.2) is 0 Å². The summed E-state index contributed by atoms with van der Waals surface area (Å²) >= 11 is 1.86. The van der Waals surface area contributed by atoms with Crippen molar-refractivity contribution in [1.29, 1.82) is 0 Å². The van der Waals surface area contributed by atoms with Crippen LogP contribution in [0.1, 0.15) is 0 Å². The van der Waals surface area contributed by atoms with Gasteiger partial charge >= 0.3 is 0 Å². The zero-order chi connectivity index (χ0) is 42.8. The fourth-order valence-electron chi connectivity index (χ4n) is 10.0. The van der Waals surface area contributed by atoms with E-state index >= 15 is 0 Å². The molecule has 13 aromatic rings. The van der Waals surface area contributed by atoms with Gasteiger partial charge in [0.2, 0.25) is 0 Å². The van der Waals surface area contributed by atoms with Crippen LogP contribution in [0.4, 0.5) is 17.1 Å². The number of anilines is 3. The summed E-state index contributed by atoms with van der Waals surface area (Å²) in [6.07, 6.45) is 0. The molecule has 0 spiro atoms. The van der Waals surface area contributed by atoms with E-state index in [0.717, 1.165) is 22.7 Å². The molecule has 0 saturated heterocycles. The molecule has 0 unspecified atom stereocenters. The molecule has 0 atom stereocenters. The molecule has 2 aromatic heterocycles. The van der Waals surface area contributed by atoms with Gasteiger partial charge in [-0.05, 0) is 128 Å². The van der Waals surface area contributed by atoms with Gasteiger partial charge in [-0.15, -0.1) is 11.3 Å². The standard InChI is InChI=1S/C62H40N2S/c1-2-12-41(13-3-1)42-22-34-50(35-23-42)64-58-20-10-8-18-54(58)56-38-45(28-36-59(56)64)43-24-30-48(31-25-43)63(60-40-47-14-4-5-15-51(47)52-16-6-7-17-53(52)60)49-32-26-44(27-33-49)46-29-37-62-57(39-46)55-19-9-11-21-61(55)65-62/h1-40H. The van der Waals surface area contributed by atoms with Crippen LogP contribution in [0.25, 0.3) is 103 Å². The summed E-state index contributed by atoms with van der Waals surface area (Å²) in [7, 11) is 0. The van der Waals surface area contributed by atoms with E-state index in [1.807, 2.05) is 11.3 Å². The molecule has 2 nitrogen and oxygen atoms in total. The van der Waals surface area contributed by atoms with Gasteiger partial charge in [0, 0.05) is 53.4 Å². The van der Waals surface area contributed by atoms with Crippen LogP contribution in [0.3, 0.4) is 0 Å². The highest BCUT2D eigenvalue weighted by Crippen LogP contribution is 2.44. The van der Waals surface area contributed by atoms with Crippen LogP contribution in [-0.2, 0) is 0 Å². The van der Waals surface area contributed by atoms with Gasteiger partial charge in [0.25, 0.3) is 0 Å². The van der Waals surface area contributed by atoms with Gasteiger partial charge in [0.1, 0.15) is 0 Å². The van der Waals surface area contributed by atoms with Crippen molar-refractivity contribution in [3.05, 3.63) is 243 Å². The van der Waals surface area contributed by atoms with Crippen molar-refractivity contribution in [1.82, 2.24) is 4.57 Å². The van der Waals surface area contributed by atoms with Crippen molar-refractivity contribution < 1.29 is 0 Å². The lowest BCUT2D eigenvalue weighted by molar-refractivity contribution is 1.18. The fraction of sp³-hybridized carbons (Fsp3) is 0. The second kappa shape index (κ2) is 15.2. The summed E-state index contributed by atoms with van der Waals surface area (Å²) in [6, 6.07) is 89.0. The molecule has 0 N–H and O–H groups in total. The van der Waals surface area contributed by atoms with Crippen LogP contribution >= 0.6 is 11.3 Å². The minimum absolute atomic E-state index is 1.10. The third-order valence-electron chi connectivity index (χ3n) is 13.2. The first-order valence-electron chi connectivity index (χ1n) is 22.2. The summed E-state index contributed by atoms with van der Waals surface area (Å²) in [5.41, 5.74) is 14.1. The Bertz CT molecular complexity index is 3920. The van der Waals surface area contributed by atoms with Crippen LogP contribution in [0.15, 0.2) is 243 Å². The maximum Gasteiger partial charge on any atom is 0.0546 e. The second-order valence-corrected chi connectivity index (χ2v) is 18.0. The first-order chi connectivity index (χ1) is 32.2. The molecule has 0 fully saturated rings. The smallest absolute Gasteiger partial charge is 0.0546 e. The average Bonchev–Trinajstić information content (AvgIpc) is 3.92. The van der Waals surface area contributed by atoms with Gasteiger partial charge in [-0.2, -0.15) is 0 Å². The third kappa shape index (κ3) is 6.31. The van der Waals surface area contributed by atoms with Gasteiger partial charge in [-0.3, -0.25) is 0 Å². The van der Waals surface area contributed by atoms with Gasteiger partial charge < -0.3 is 9.47 Å². The summed E-state index contributed by atoms with van der Waals surface area (Å²) in [4.78, 5) is 2.43. The minimum Gasteiger partial charge on any atom is -0.310 e. The van der Waals surface area contributed by atoms with Crippen LogP contribution < -0.4 is 4.90 Å². The number of aromatic nitrogens is 1. The summed E-state index contributed by atoms with van der Waals surface area (Å²) < 4.78 is 5.04. The van der Waals surface area contributed by atoms with Gasteiger partial charge in [-0.1, -0.05) is 164 Å². The Labute approximate surface area is 381 Å². The molecule has 0 radical (unpaired) electrons. The number of rotatable bonds is 7. The Morgan fingerprint density at radius 2 is 0.785 bits per heavy atom. The maximum absolute atomic E-state index is 2.43. The summed E-state index contributed by atoms with van der Waals surface area (Å²) in [5.74, 6) is 0. The molecule has 13 rings (SSSR count). The van der Waals surface area contributed by atoms with Crippen LogP contribution in [-0.4, -0.2) is 4.57 Å². The molecule has 0 aliphatic rings. The molecular formula is C62H40N2S. The Morgan fingerprint density at radius 1 is 0.292 bits per heavy atom. The second-order valence-electron chi connectivity index (χ2n) is 16.9. The minimum atomic E-state index is 1.10. The molecule has 0 aliphatic heterocycles. The van der Waals surface area contributed by atoms with E-state index in [9.17, 15) is 0 Å². The van der Waals surface area contributed by atoms with Gasteiger partial charge in [0.05, 0.1) is 16.7 Å². The zero-order valence-electron chi connectivity index (χ0n) is 35.4. The highest BCUT2D eigenvalue weighted by Gasteiger charge is 2.19. The number of benzene rings is 11.